The molecule has 0 saturated heterocycles. The molecule has 0 radical (unpaired) electrons. The van der Waals surface area contributed by atoms with Crippen molar-refractivity contribution in [1.29, 1.82) is 0 Å². The normalized spacial score (nSPS) is 10.2. The van der Waals surface area contributed by atoms with Gasteiger partial charge >= 0.3 is 0 Å². The highest BCUT2D eigenvalue weighted by Crippen LogP contribution is 2.26. The number of rotatable bonds is 4. The second-order valence-corrected chi connectivity index (χ2v) is 6.15. The monoisotopic (exact) mass is 355 g/mol. The second kappa shape index (κ2) is 6.98. The summed E-state index contributed by atoms with van der Waals surface area (Å²) in [6, 6.07) is 15.2. The Hall–Kier alpha value is -0.970. The molecule has 2 rings (SSSR count). The van der Waals surface area contributed by atoms with Crippen LogP contribution in [0.15, 0.2) is 57.9 Å². The van der Waals surface area contributed by atoms with E-state index >= 15 is 0 Å². The van der Waals surface area contributed by atoms with Gasteiger partial charge in [0.25, 0.3) is 0 Å². The predicted molar refractivity (Wildman–Crippen MR) is 84.9 cm³/mol. The fourth-order valence-electron chi connectivity index (χ4n) is 1.44. The molecule has 0 aliphatic rings. The van der Waals surface area contributed by atoms with Gasteiger partial charge in [-0.1, -0.05) is 45.7 Å². The summed E-state index contributed by atoms with van der Waals surface area (Å²) in [4.78, 5) is 12.9. The standard InChI is InChI=1S/C14H11BrClNOS/c15-10-6-7-13(12(16)8-10)17-14(18)9-19-11-4-2-1-3-5-11/h1-8H,9H2,(H,17,18). The molecule has 5 heteroatoms. The number of hydrogen-bond donors (Lipinski definition) is 1. The first-order valence-electron chi connectivity index (χ1n) is 5.58. The molecule has 1 N–H and O–H groups in total. The Morgan fingerprint density at radius 1 is 1.21 bits per heavy atom. The van der Waals surface area contributed by atoms with Crippen molar-refractivity contribution in [2.45, 2.75) is 4.90 Å². The van der Waals surface area contributed by atoms with E-state index in [1.807, 2.05) is 36.4 Å². The molecule has 0 heterocycles. The minimum absolute atomic E-state index is 0.0712. The van der Waals surface area contributed by atoms with E-state index in [1.54, 1.807) is 12.1 Å². The zero-order chi connectivity index (χ0) is 13.7. The van der Waals surface area contributed by atoms with Crippen molar-refractivity contribution < 1.29 is 4.79 Å². The molecule has 0 spiro atoms. The minimum atomic E-state index is -0.0712. The van der Waals surface area contributed by atoms with Gasteiger partial charge in [-0.15, -0.1) is 11.8 Å². The van der Waals surface area contributed by atoms with Gasteiger partial charge in [-0.25, -0.2) is 0 Å². The van der Waals surface area contributed by atoms with Gasteiger partial charge in [0, 0.05) is 9.37 Å². The highest BCUT2D eigenvalue weighted by molar-refractivity contribution is 9.10. The van der Waals surface area contributed by atoms with Gasteiger partial charge in [0.15, 0.2) is 0 Å². The average Bonchev–Trinajstić information content (AvgIpc) is 2.41. The molecule has 2 nitrogen and oxygen atoms in total. The first kappa shape index (κ1) is 14.4. The Balaban J connectivity index is 1.91. The van der Waals surface area contributed by atoms with Crippen molar-refractivity contribution >= 4 is 50.9 Å². The van der Waals surface area contributed by atoms with E-state index in [9.17, 15) is 4.79 Å². The average molecular weight is 357 g/mol. The molecular formula is C14H11BrClNOS. The van der Waals surface area contributed by atoms with Gasteiger partial charge in [-0.05, 0) is 30.3 Å². The molecule has 0 fully saturated rings. The van der Waals surface area contributed by atoms with Crippen LogP contribution in [0.1, 0.15) is 0 Å². The largest absolute Gasteiger partial charge is 0.324 e. The molecular weight excluding hydrogens is 346 g/mol. The first-order chi connectivity index (χ1) is 9.15. The quantitative estimate of drug-likeness (QED) is 0.795. The number of anilines is 1. The Labute approximate surface area is 129 Å². The van der Waals surface area contributed by atoms with Gasteiger partial charge in [-0.3, -0.25) is 4.79 Å². The van der Waals surface area contributed by atoms with Crippen LogP contribution in [-0.4, -0.2) is 11.7 Å². The first-order valence-corrected chi connectivity index (χ1v) is 7.73. The number of benzene rings is 2. The lowest BCUT2D eigenvalue weighted by Gasteiger charge is -2.07. The van der Waals surface area contributed by atoms with Crippen LogP contribution >= 0.6 is 39.3 Å². The number of nitrogens with one attached hydrogen (secondary N) is 1. The molecule has 2 aromatic carbocycles. The number of carbonyl (C=O) groups excluding carboxylic acids is 1. The summed E-state index contributed by atoms with van der Waals surface area (Å²) < 4.78 is 0.883. The third kappa shape index (κ3) is 4.56. The molecule has 2 aromatic rings. The molecule has 0 aliphatic carbocycles. The zero-order valence-electron chi connectivity index (χ0n) is 9.90. The van der Waals surface area contributed by atoms with Crippen LogP contribution in [0.2, 0.25) is 5.02 Å². The topological polar surface area (TPSA) is 29.1 Å². The SMILES string of the molecule is O=C(CSc1ccccc1)Nc1ccc(Br)cc1Cl. The van der Waals surface area contributed by atoms with E-state index in [2.05, 4.69) is 21.2 Å². The lowest BCUT2D eigenvalue weighted by atomic mass is 10.3. The van der Waals surface area contributed by atoms with Crippen molar-refractivity contribution in [3.63, 3.8) is 0 Å². The molecule has 0 atom stereocenters. The third-order valence-electron chi connectivity index (χ3n) is 2.32. The van der Waals surface area contributed by atoms with Gasteiger partial charge in [0.05, 0.1) is 16.5 Å². The van der Waals surface area contributed by atoms with Gasteiger partial charge in [0.2, 0.25) is 5.91 Å². The summed E-state index contributed by atoms with van der Waals surface area (Å²) in [6.45, 7) is 0. The van der Waals surface area contributed by atoms with Crippen molar-refractivity contribution in [1.82, 2.24) is 0 Å². The summed E-state index contributed by atoms with van der Waals surface area (Å²) in [5.41, 5.74) is 0.628. The number of thioether (sulfide) groups is 1. The van der Waals surface area contributed by atoms with Gasteiger partial charge in [0.1, 0.15) is 0 Å². The highest BCUT2D eigenvalue weighted by atomic mass is 79.9. The van der Waals surface area contributed by atoms with Gasteiger partial charge in [-0.2, -0.15) is 0 Å². The molecule has 0 aliphatic heterocycles. The Kier molecular flexibility index (Phi) is 5.31. The molecule has 0 bridgehead atoms. The molecule has 0 unspecified atom stereocenters. The Morgan fingerprint density at radius 2 is 1.95 bits per heavy atom. The number of hydrogen-bond acceptors (Lipinski definition) is 2. The molecule has 0 aromatic heterocycles. The van der Waals surface area contributed by atoms with Gasteiger partial charge < -0.3 is 5.32 Å². The number of carbonyl (C=O) groups is 1. The van der Waals surface area contributed by atoms with E-state index in [4.69, 9.17) is 11.6 Å². The fraction of sp³-hybridized carbons (Fsp3) is 0.0714. The summed E-state index contributed by atoms with van der Waals surface area (Å²) in [7, 11) is 0. The summed E-state index contributed by atoms with van der Waals surface area (Å²) in [5, 5.41) is 3.32. The van der Waals surface area contributed by atoms with E-state index < -0.39 is 0 Å². The third-order valence-corrected chi connectivity index (χ3v) is 4.14. The highest BCUT2D eigenvalue weighted by Gasteiger charge is 2.06. The maximum atomic E-state index is 11.8. The van der Waals surface area contributed by atoms with Crippen LogP contribution in [0.4, 0.5) is 5.69 Å². The fourth-order valence-corrected chi connectivity index (χ4v) is 2.88. The van der Waals surface area contributed by atoms with Crippen molar-refractivity contribution in [3.8, 4) is 0 Å². The van der Waals surface area contributed by atoms with Crippen molar-refractivity contribution in [3.05, 3.63) is 58.0 Å². The molecule has 0 saturated carbocycles. The number of amides is 1. The molecule has 19 heavy (non-hydrogen) atoms. The molecule has 1 amide bonds. The maximum Gasteiger partial charge on any atom is 0.234 e. The Bertz CT molecular complexity index is 577. The van der Waals surface area contributed by atoms with E-state index in [0.717, 1.165) is 9.37 Å². The smallest absolute Gasteiger partial charge is 0.234 e. The van der Waals surface area contributed by atoms with Crippen LogP contribution < -0.4 is 5.32 Å². The van der Waals surface area contributed by atoms with E-state index in [0.29, 0.717) is 16.5 Å². The lowest BCUT2D eigenvalue weighted by molar-refractivity contribution is -0.113. The van der Waals surface area contributed by atoms with Crippen LogP contribution in [0.25, 0.3) is 0 Å². The predicted octanol–water partition coefficient (Wildman–Crippen LogP) is 4.83. The number of halogens is 2. The van der Waals surface area contributed by atoms with Crippen molar-refractivity contribution in [2.75, 3.05) is 11.1 Å². The van der Waals surface area contributed by atoms with Crippen LogP contribution in [0.3, 0.4) is 0 Å². The zero-order valence-corrected chi connectivity index (χ0v) is 13.1. The minimum Gasteiger partial charge on any atom is -0.324 e. The maximum absolute atomic E-state index is 11.8. The van der Waals surface area contributed by atoms with Crippen LogP contribution in [-0.2, 0) is 4.79 Å². The van der Waals surface area contributed by atoms with E-state index in [1.165, 1.54) is 11.8 Å². The molecule has 98 valence electrons. The summed E-state index contributed by atoms with van der Waals surface area (Å²) >= 11 is 10.9. The van der Waals surface area contributed by atoms with E-state index in [-0.39, 0.29) is 5.91 Å². The second-order valence-electron chi connectivity index (χ2n) is 3.77. The Morgan fingerprint density at radius 3 is 2.63 bits per heavy atom. The van der Waals surface area contributed by atoms with Crippen molar-refractivity contribution in [2.24, 2.45) is 0 Å². The van der Waals surface area contributed by atoms with Crippen LogP contribution in [0.5, 0.6) is 0 Å². The summed E-state index contributed by atoms with van der Waals surface area (Å²) in [5.74, 6) is 0.286. The van der Waals surface area contributed by atoms with Crippen LogP contribution in [0, 0.1) is 0 Å². The lowest BCUT2D eigenvalue weighted by Crippen LogP contribution is -2.14. The summed E-state index contributed by atoms with van der Waals surface area (Å²) in [6.07, 6.45) is 0.